The minimum atomic E-state index is -1.79. The van der Waals surface area contributed by atoms with Crippen LogP contribution in [0.5, 0.6) is 0 Å². The van der Waals surface area contributed by atoms with E-state index in [0.29, 0.717) is 13.0 Å². The van der Waals surface area contributed by atoms with E-state index in [0.717, 1.165) is 34.1 Å². The van der Waals surface area contributed by atoms with Gasteiger partial charge in [0, 0.05) is 16.6 Å². The summed E-state index contributed by atoms with van der Waals surface area (Å²) in [6.07, 6.45) is 4.62. The number of aromatic nitrogens is 1. The van der Waals surface area contributed by atoms with Crippen LogP contribution in [0.25, 0.3) is 17.0 Å². The minimum absolute atomic E-state index is 0.188. The maximum atomic E-state index is 10.5. The van der Waals surface area contributed by atoms with Gasteiger partial charge < -0.3 is 14.5 Å². The summed E-state index contributed by atoms with van der Waals surface area (Å²) in [4.78, 5) is 3.46. The van der Waals surface area contributed by atoms with Gasteiger partial charge in [0.2, 0.25) is 0 Å². The lowest BCUT2D eigenvalue weighted by Crippen LogP contribution is -2.40. The first-order chi connectivity index (χ1) is 12.1. The van der Waals surface area contributed by atoms with Crippen molar-refractivity contribution in [2.75, 3.05) is 0 Å². The van der Waals surface area contributed by atoms with Crippen molar-refractivity contribution in [1.82, 2.24) is 4.98 Å². The first-order valence-electron chi connectivity index (χ1n) is 9.30. The Bertz CT molecular complexity index is 783. The molecule has 0 bridgehead atoms. The van der Waals surface area contributed by atoms with E-state index in [2.05, 4.69) is 58.1 Å². The number of rotatable bonds is 8. The number of aliphatic hydroxyl groups excluding tert-OH is 1. The molecule has 1 aromatic carbocycles. The van der Waals surface area contributed by atoms with Crippen molar-refractivity contribution in [2.24, 2.45) is 0 Å². The van der Waals surface area contributed by atoms with Crippen LogP contribution in [-0.4, -0.2) is 18.4 Å². The minimum Gasteiger partial charge on any atom is -0.411 e. The normalized spacial score (nSPS) is 13.8. The Morgan fingerprint density at radius 2 is 1.96 bits per heavy atom. The summed E-state index contributed by atoms with van der Waals surface area (Å²) >= 11 is 0. The second kappa shape index (κ2) is 7.95. The lowest BCUT2D eigenvalue weighted by atomic mass is 9.96. The molecule has 2 N–H and O–H groups in total. The average Bonchev–Trinajstić information content (AvgIpc) is 2.99. The van der Waals surface area contributed by atoms with Crippen LogP contribution >= 0.6 is 0 Å². The summed E-state index contributed by atoms with van der Waals surface area (Å²) in [5.74, 6) is 0. The van der Waals surface area contributed by atoms with Gasteiger partial charge in [-0.3, -0.25) is 0 Å². The predicted octanol–water partition coefficient (Wildman–Crippen LogP) is 6.33. The van der Waals surface area contributed by atoms with Gasteiger partial charge >= 0.3 is 0 Å². The molecule has 26 heavy (non-hydrogen) atoms. The highest BCUT2D eigenvalue weighted by molar-refractivity contribution is 6.74. The molecule has 0 saturated carbocycles. The number of hydrogen-bond acceptors (Lipinski definition) is 2. The third kappa shape index (κ3) is 4.37. The molecule has 0 aliphatic carbocycles. The lowest BCUT2D eigenvalue weighted by Gasteiger charge is -2.36. The molecule has 0 fully saturated rings. The summed E-state index contributed by atoms with van der Waals surface area (Å²) in [5, 5.41) is 11.8. The molecule has 1 unspecified atom stereocenters. The lowest BCUT2D eigenvalue weighted by molar-refractivity contribution is 0.168. The first kappa shape index (κ1) is 20.7. The van der Waals surface area contributed by atoms with E-state index in [1.54, 1.807) is 0 Å². The molecule has 0 spiro atoms. The van der Waals surface area contributed by atoms with Gasteiger partial charge in [0.1, 0.15) is 0 Å². The van der Waals surface area contributed by atoms with Gasteiger partial charge in [-0.15, -0.1) is 6.58 Å². The Morgan fingerprint density at radius 1 is 1.27 bits per heavy atom. The summed E-state index contributed by atoms with van der Waals surface area (Å²) in [7, 11) is -1.79. The van der Waals surface area contributed by atoms with E-state index in [1.807, 2.05) is 24.3 Å². The van der Waals surface area contributed by atoms with Crippen molar-refractivity contribution >= 4 is 25.3 Å². The molecule has 2 aromatic rings. The van der Waals surface area contributed by atoms with Crippen LogP contribution in [0.15, 0.2) is 37.4 Å². The number of benzene rings is 1. The van der Waals surface area contributed by atoms with Crippen molar-refractivity contribution < 1.29 is 9.53 Å². The number of hydrogen-bond donors (Lipinski definition) is 2. The van der Waals surface area contributed by atoms with Gasteiger partial charge in [0.25, 0.3) is 0 Å². The van der Waals surface area contributed by atoms with E-state index in [4.69, 9.17) is 4.43 Å². The van der Waals surface area contributed by atoms with E-state index in [1.165, 1.54) is 0 Å². The smallest absolute Gasteiger partial charge is 0.192 e. The Kier molecular flexibility index (Phi) is 6.32. The summed E-state index contributed by atoms with van der Waals surface area (Å²) in [6.45, 7) is 19.5. The van der Waals surface area contributed by atoms with Crippen molar-refractivity contribution in [3.8, 4) is 0 Å². The van der Waals surface area contributed by atoms with Crippen LogP contribution in [0, 0.1) is 0 Å². The van der Waals surface area contributed by atoms with E-state index >= 15 is 0 Å². The van der Waals surface area contributed by atoms with E-state index in [-0.39, 0.29) is 5.04 Å². The molecule has 3 nitrogen and oxygen atoms in total. The van der Waals surface area contributed by atoms with Gasteiger partial charge in [0.05, 0.1) is 12.7 Å². The number of allylic oxidation sites excluding steroid dienone is 1. The molecular weight excluding hydrogens is 338 g/mol. The van der Waals surface area contributed by atoms with Crippen LogP contribution in [-0.2, 0) is 11.0 Å². The van der Waals surface area contributed by atoms with Crippen LogP contribution in [0.4, 0.5) is 0 Å². The van der Waals surface area contributed by atoms with Crippen molar-refractivity contribution in [3.05, 3.63) is 54.3 Å². The maximum absolute atomic E-state index is 10.5. The average molecular weight is 372 g/mol. The molecule has 4 heteroatoms. The molecule has 1 heterocycles. The third-order valence-electron chi connectivity index (χ3n) is 5.54. The van der Waals surface area contributed by atoms with Crippen LogP contribution in [0.1, 0.15) is 56.5 Å². The van der Waals surface area contributed by atoms with Crippen LogP contribution in [0.2, 0.25) is 18.1 Å². The highest BCUT2D eigenvalue weighted by Gasteiger charge is 2.37. The fourth-order valence-corrected chi connectivity index (χ4v) is 3.75. The topological polar surface area (TPSA) is 45.2 Å². The van der Waals surface area contributed by atoms with Gasteiger partial charge in [0.15, 0.2) is 8.32 Å². The molecule has 2 rings (SSSR count). The summed E-state index contributed by atoms with van der Waals surface area (Å²) in [5.41, 5.74) is 4.03. The maximum Gasteiger partial charge on any atom is 0.192 e. The number of fused-ring (bicyclic) bond motifs is 1. The number of aliphatic hydroxyl groups is 1. The Labute approximate surface area is 158 Å². The van der Waals surface area contributed by atoms with Crippen molar-refractivity contribution in [2.45, 2.75) is 64.5 Å². The zero-order chi connectivity index (χ0) is 19.5. The van der Waals surface area contributed by atoms with Gasteiger partial charge in [-0.05, 0) is 54.2 Å². The number of aromatic amines is 1. The Hall–Kier alpha value is -1.62. The first-order valence-corrected chi connectivity index (χ1v) is 12.2. The van der Waals surface area contributed by atoms with Gasteiger partial charge in [-0.1, -0.05) is 45.6 Å². The third-order valence-corrected chi connectivity index (χ3v) is 10.0. The zero-order valence-electron chi connectivity index (χ0n) is 16.9. The highest BCUT2D eigenvalue weighted by Crippen LogP contribution is 2.37. The Morgan fingerprint density at radius 3 is 2.54 bits per heavy atom. The number of H-pyrrole nitrogens is 1. The van der Waals surface area contributed by atoms with Crippen LogP contribution < -0.4 is 0 Å². The zero-order valence-corrected chi connectivity index (χ0v) is 17.9. The predicted molar refractivity (Wildman–Crippen MR) is 115 cm³/mol. The number of nitrogens with one attached hydrogen (secondary N) is 1. The monoisotopic (exact) mass is 371 g/mol. The summed E-state index contributed by atoms with van der Waals surface area (Å²) < 4.78 is 6.34. The SMILES string of the molecule is C=CCCC(O)c1ccc2[nH]c(CO[Si](C)(C)C(C)(C)C)cc2c1C=C. The standard InChI is InChI=1S/C22H33NO2Si/c1-8-10-11-21(24)18-12-13-20-19(17(18)9-2)14-16(23-20)15-25-26(6,7)22(3,4)5/h8-9,12-14,21,23-24H,1-2,10-11,15H2,3-7H3. The molecule has 0 aliphatic rings. The van der Waals surface area contributed by atoms with Crippen LogP contribution in [0.3, 0.4) is 0 Å². The molecule has 0 saturated heterocycles. The highest BCUT2D eigenvalue weighted by atomic mass is 28.4. The largest absolute Gasteiger partial charge is 0.411 e. The molecule has 1 aromatic heterocycles. The fourth-order valence-electron chi connectivity index (χ4n) is 2.80. The van der Waals surface area contributed by atoms with Gasteiger partial charge in [-0.2, -0.15) is 0 Å². The second-order valence-electron chi connectivity index (χ2n) is 8.46. The molecular formula is C22H33NO2Si. The van der Waals surface area contributed by atoms with Gasteiger partial charge in [-0.25, -0.2) is 0 Å². The molecule has 0 aliphatic heterocycles. The van der Waals surface area contributed by atoms with Crippen molar-refractivity contribution in [3.63, 3.8) is 0 Å². The quantitative estimate of drug-likeness (QED) is 0.420. The van der Waals surface area contributed by atoms with Crippen molar-refractivity contribution in [1.29, 1.82) is 0 Å². The van der Waals surface area contributed by atoms with E-state index in [9.17, 15) is 5.11 Å². The van der Waals surface area contributed by atoms with E-state index < -0.39 is 14.4 Å². The summed E-state index contributed by atoms with van der Waals surface area (Å²) in [6, 6.07) is 6.15. The molecule has 0 radical (unpaired) electrons. The molecule has 1 atom stereocenters. The fraction of sp³-hybridized carbons (Fsp3) is 0.455. The molecule has 142 valence electrons. The molecule has 0 amide bonds. The second-order valence-corrected chi connectivity index (χ2v) is 13.3. The Balaban J connectivity index is 2.30.